The second-order valence-electron chi connectivity index (χ2n) is 9.39. The molecule has 0 saturated carbocycles. The summed E-state index contributed by atoms with van der Waals surface area (Å²) in [5, 5.41) is 5.64. The number of halogens is 7. The first-order chi connectivity index (χ1) is 18.8. The van der Waals surface area contributed by atoms with Crippen molar-refractivity contribution >= 4 is 40.2 Å². The molecule has 2 atom stereocenters. The third kappa shape index (κ3) is 7.90. The van der Waals surface area contributed by atoms with Crippen LogP contribution < -0.4 is 15.4 Å². The molecule has 0 aliphatic carbocycles. The highest BCUT2D eigenvalue weighted by molar-refractivity contribution is 7.11. The van der Waals surface area contributed by atoms with Crippen LogP contribution in [0.25, 0.3) is 0 Å². The number of aryl methyl sites for hydroxylation is 1. The third-order valence-corrected chi connectivity index (χ3v) is 7.12. The number of amidine groups is 1. The van der Waals surface area contributed by atoms with Gasteiger partial charge in [0.25, 0.3) is 5.91 Å². The first kappa shape index (κ1) is 29.7. The maximum atomic E-state index is 14.4. The normalized spacial score (nSPS) is 19.9. The number of aliphatic imine (C=N–C) groups is 2. The van der Waals surface area contributed by atoms with Crippen LogP contribution in [0.2, 0.25) is 0 Å². The fourth-order valence-corrected chi connectivity index (χ4v) is 4.96. The number of carbonyl (C=O) groups is 1. The Morgan fingerprint density at radius 2 is 2.00 bits per heavy atom. The number of benzene rings is 1. The fraction of sp³-hybridized carbons (Fsp3) is 0.500. The molecule has 2 aliphatic rings. The number of amides is 1. The topological polar surface area (TPSA) is 91.2 Å². The Bertz CT molecular complexity index is 1280. The average Bonchev–Trinajstić information content (AvgIpc) is 3.48. The minimum absolute atomic E-state index is 0.0413. The smallest absolute Gasteiger partial charge is 0.412 e. The Morgan fingerprint density at radius 1 is 1.23 bits per heavy atom. The number of likely N-dealkylation sites (tertiary alicyclic amines) is 1. The van der Waals surface area contributed by atoms with Gasteiger partial charge in [-0.3, -0.25) is 14.8 Å². The van der Waals surface area contributed by atoms with Crippen LogP contribution in [0.1, 0.15) is 28.9 Å². The molecule has 2 N–H and O–H groups in total. The molecule has 3 heterocycles. The van der Waals surface area contributed by atoms with E-state index in [4.69, 9.17) is 4.74 Å². The SMILES string of the molecule is Cc1nsc(NC2=NCC(C(F)(F)F)N=C2)c1C(=O)Nc1ccc(F)c(OCC2CCN(CCC(F)(F)F)C2)c1. The molecular formula is C24H25F7N6O2S. The zero-order chi connectivity index (χ0) is 29.1. The highest BCUT2D eigenvalue weighted by Gasteiger charge is 2.40. The van der Waals surface area contributed by atoms with E-state index in [0.717, 1.165) is 23.8 Å². The summed E-state index contributed by atoms with van der Waals surface area (Å²) in [7, 11) is 0. The van der Waals surface area contributed by atoms with Gasteiger partial charge >= 0.3 is 12.4 Å². The van der Waals surface area contributed by atoms with E-state index in [2.05, 4.69) is 25.0 Å². The number of rotatable bonds is 8. The summed E-state index contributed by atoms with van der Waals surface area (Å²) in [6.07, 6.45) is -8.07. The van der Waals surface area contributed by atoms with Crippen LogP contribution in [-0.4, -0.2) is 78.4 Å². The van der Waals surface area contributed by atoms with Gasteiger partial charge in [0.1, 0.15) is 10.8 Å². The predicted octanol–water partition coefficient (Wildman–Crippen LogP) is 5.32. The first-order valence-corrected chi connectivity index (χ1v) is 13.0. The third-order valence-electron chi connectivity index (χ3n) is 6.27. The van der Waals surface area contributed by atoms with Crippen LogP contribution >= 0.6 is 11.5 Å². The average molecular weight is 595 g/mol. The summed E-state index contributed by atoms with van der Waals surface area (Å²) in [5.41, 5.74) is 0.679. The minimum atomic E-state index is -4.51. The lowest BCUT2D eigenvalue weighted by Gasteiger charge is -2.18. The van der Waals surface area contributed by atoms with Crippen molar-refractivity contribution in [2.24, 2.45) is 15.9 Å². The van der Waals surface area contributed by atoms with Crippen molar-refractivity contribution < 1.29 is 40.3 Å². The zero-order valence-corrected chi connectivity index (χ0v) is 21.9. The van der Waals surface area contributed by atoms with Crippen LogP contribution in [0.15, 0.2) is 28.2 Å². The minimum Gasteiger partial charge on any atom is -0.490 e. The summed E-state index contributed by atoms with van der Waals surface area (Å²) < 4.78 is 99.9. The van der Waals surface area contributed by atoms with Gasteiger partial charge in [-0.2, -0.15) is 30.7 Å². The Balaban J connectivity index is 1.35. The van der Waals surface area contributed by atoms with Crippen molar-refractivity contribution in [2.75, 3.05) is 43.4 Å². The first-order valence-electron chi connectivity index (χ1n) is 12.2. The molecule has 2 aliphatic heterocycles. The van der Waals surface area contributed by atoms with Gasteiger partial charge in [0.05, 0.1) is 37.0 Å². The van der Waals surface area contributed by atoms with E-state index in [1.54, 1.807) is 11.8 Å². The van der Waals surface area contributed by atoms with Crippen molar-refractivity contribution in [3.05, 3.63) is 35.3 Å². The lowest BCUT2D eigenvalue weighted by molar-refractivity contribution is -0.144. The number of hydrogen-bond donors (Lipinski definition) is 2. The number of nitrogens with one attached hydrogen (secondary N) is 2. The summed E-state index contributed by atoms with van der Waals surface area (Å²) in [4.78, 5) is 22.0. The Labute approximate surface area is 228 Å². The Morgan fingerprint density at radius 3 is 2.67 bits per heavy atom. The van der Waals surface area contributed by atoms with Gasteiger partial charge in [0.15, 0.2) is 17.6 Å². The maximum Gasteiger partial charge on any atom is 0.412 e. The van der Waals surface area contributed by atoms with E-state index in [0.29, 0.717) is 25.2 Å². The van der Waals surface area contributed by atoms with E-state index in [-0.39, 0.29) is 46.9 Å². The maximum absolute atomic E-state index is 14.4. The van der Waals surface area contributed by atoms with E-state index >= 15 is 0 Å². The lowest BCUT2D eigenvalue weighted by atomic mass is 10.1. The number of carbonyl (C=O) groups excluding carboxylic acids is 1. The number of ether oxygens (including phenoxy) is 1. The standard InChI is InChI=1S/C24H25F7N6O2S/c1-13-20(22(40-36-13)35-19-10-32-18(9-33-19)24(29,30)31)21(38)34-15-2-3-16(25)17(8-15)39-12-14-4-6-37(11-14)7-5-23(26,27)28/h2-3,8,10,14,18H,4-7,9,11-12H2,1H3,(H,33,35)(H,34,38). The van der Waals surface area contributed by atoms with E-state index in [9.17, 15) is 35.5 Å². The summed E-state index contributed by atoms with van der Waals surface area (Å²) >= 11 is 0.910. The zero-order valence-electron chi connectivity index (χ0n) is 21.1. The molecule has 8 nitrogen and oxygen atoms in total. The van der Waals surface area contributed by atoms with Crippen molar-refractivity contribution in [1.82, 2.24) is 9.27 Å². The predicted molar refractivity (Wildman–Crippen MR) is 136 cm³/mol. The molecule has 1 saturated heterocycles. The number of alkyl halides is 6. The molecule has 40 heavy (non-hydrogen) atoms. The second kappa shape index (κ2) is 12.1. The van der Waals surface area contributed by atoms with Crippen LogP contribution in [0, 0.1) is 18.7 Å². The molecule has 218 valence electrons. The van der Waals surface area contributed by atoms with Gasteiger partial charge in [-0.25, -0.2) is 4.39 Å². The molecule has 0 radical (unpaired) electrons. The van der Waals surface area contributed by atoms with Gasteiger partial charge in [-0.1, -0.05) is 0 Å². The van der Waals surface area contributed by atoms with E-state index < -0.39 is 43.1 Å². The van der Waals surface area contributed by atoms with E-state index in [1.165, 1.54) is 12.1 Å². The van der Waals surface area contributed by atoms with Crippen molar-refractivity contribution in [2.45, 2.75) is 38.2 Å². The fourth-order valence-electron chi connectivity index (χ4n) is 4.16. The van der Waals surface area contributed by atoms with Gasteiger partial charge in [0.2, 0.25) is 0 Å². The number of hydrogen-bond acceptors (Lipinski definition) is 8. The lowest BCUT2D eigenvalue weighted by Crippen LogP contribution is -2.34. The summed E-state index contributed by atoms with van der Waals surface area (Å²) in [6.45, 7) is 1.88. The van der Waals surface area contributed by atoms with Crippen LogP contribution in [0.3, 0.4) is 0 Å². The molecule has 0 spiro atoms. The molecule has 1 aromatic heterocycles. The summed E-state index contributed by atoms with van der Waals surface area (Å²) in [5.74, 6) is -1.44. The molecule has 4 rings (SSSR count). The van der Waals surface area contributed by atoms with Crippen molar-refractivity contribution in [3.8, 4) is 5.75 Å². The quantitative estimate of drug-likeness (QED) is 0.404. The molecule has 2 aromatic rings. The van der Waals surface area contributed by atoms with Crippen molar-refractivity contribution in [1.29, 1.82) is 0 Å². The monoisotopic (exact) mass is 594 g/mol. The molecular weight excluding hydrogens is 569 g/mol. The second-order valence-corrected chi connectivity index (χ2v) is 10.2. The molecule has 1 fully saturated rings. The van der Waals surface area contributed by atoms with Gasteiger partial charge in [-0.05, 0) is 43.6 Å². The largest absolute Gasteiger partial charge is 0.490 e. The van der Waals surface area contributed by atoms with Gasteiger partial charge < -0.3 is 20.3 Å². The molecule has 0 bridgehead atoms. The highest BCUT2D eigenvalue weighted by atomic mass is 32.1. The molecule has 2 unspecified atom stereocenters. The number of anilines is 2. The Kier molecular flexibility index (Phi) is 8.97. The van der Waals surface area contributed by atoms with Crippen LogP contribution in [0.4, 0.5) is 41.4 Å². The molecule has 1 aromatic carbocycles. The molecule has 16 heteroatoms. The van der Waals surface area contributed by atoms with Crippen molar-refractivity contribution in [3.63, 3.8) is 0 Å². The number of nitrogens with zero attached hydrogens (tertiary/aromatic N) is 4. The van der Waals surface area contributed by atoms with Crippen LogP contribution in [0.5, 0.6) is 5.75 Å². The number of aromatic nitrogens is 1. The van der Waals surface area contributed by atoms with Crippen LogP contribution in [-0.2, 0) is 0 Å². The van der Waals surface area contributed by atoms with Gasteiger partial charge in [0, 0.05) is 30.8 Å². The summed E-state index contributed by atoms with van der Waals surface area (Å²) in [6, 6.07) is 1.80. The highest BCUT2D eigenvalue weighted by Crippen LogP contribution is 2.29. The Hall–Kier alpha value is -3.27. The van der Waals surface area contributed by atoms with Gasteiger partial charge in [-0.15, -0.1) is 0 Å². The molecule has 1 amide bonds. The van der Waals surface area contributed by atoms with E-state index in [1.807, 2.05) is 0 Å².